The molecule has 0 spiro atoms. The van der Waals surface area contributed by atoms with Crippen LogP contribution in [0.5, 0.6) is 0 Å². The van der Waals surface area contributed by atoms with Crippen molar-refractivity contribution in [3.05, 3.63) is 72.8 Å². The normalized spacial score (nSPS) is 11.9. The number of unbranched alkanes of at least 4 members (excludes halogenated alkanes) is 6. The summed E-state index contributed by atoms with van der Waals surface area (Å²) in [4.78, 5) is 0. The van der Waals surface area contributed by atoms with Crippen molar-refractivity contribution < 1.29 is 8.85 Å². The average Bonchev–Trinajstić information content (AvgIpc) is 2.76. The van der Waals surface area contributed by atoms with E-state index in [1.807, 2.05) is 13.0 Å². The molecule has 0 amide bonds. The molecule has 0 aliphatic rings. The van der Waals surface area contributed by atoms with Gasteiger partial charge in [0.25, 0.3) is 0 Å². The van der Waals surface area contributed by atoms with Gasteiger partial charge in [-0.15, -0.1) is 0 Å². The summed E-state index contributed by atoms with van der Waals surface area (Å²) in [6, 6.07) is 21.0. The first-order chi connectivity index (χ1) is 13.8. The molecule has 0 atom stereocenters. The molecule has 0 saturated carbocycles. The molecule has 0 fully saturated rings. The molecule has 0 unspecified atom stereocenters. The zero-order valence-electron chi connectivity index (χ0n) is 17.6. The van der Waals surface area contributed by atoms with Crippen molar-refractivity contribution in [3.63, 3.8) is 0 Å². The van der Waals surface area contributed by atoms with Crippen molar-refractivity contribution in [1.82, 2.24) is 0 Å². The summed E-state index contributed by atoms with van der Waals surface area (Å²) >= 11 is 0. The van der Waals surface area contributed by atoms with Crippen molar-refractivity contribution >= 4 is 18.9 Å². The standard InChI is InChI=1S/C25H36O2Si/c1-3-5-7-8-9-10-17-23-27-28(26-22-6-4-2,24-18-13-11-14-19-24)25-20-15-12-16-21-25/h4,6,11-16,18-21H,3,5,7-10,17,22-23H2,1-2H3/b6-4+. The molecule has 28 heavy (non-hydrogen) atoms. The van der Waals surface area contributed by atoms with Crippen LogP contribution in [-0.2, 0) is 8.85 Å². The van der Waals surface area contributed by atoms with Gasteiger partial charge in [0.05, 0.1) is 6.61 Å². The van der Waals surface area contributed by atoms with E-state index in [0.717, 1.165) is 13.0 Å². The van der Waals surface area contributed by atoms with Crippen LogP contribution in [0.15, 0.2) is 72.8 Å². The van der Waals surface area contributed by atoms with Crippen LogP contribution in [0.4, 0.5) is 0 Å². The lowest BCUT2D eigenvalue weighted by Gasteiger charge is -2.31. The minimum atomic E-state index is -2.72. The van der Waals surface area contributed by atoms with Gasteiger partial charge in [0, 0.05) is 6.61 Å². The van der Waals surface area contributed by atoms with Crippen LogP contribution in [0.25, 0.3) is 0 Å². The van der Waals surface area contributed by atoms with Crippen LogP contribution in [0.2, 0.25) is 0 Å². The molecule has 0 bridgehead atoms. The van der Waals surface area contributed by atoms with Gasteiger partial charge in [-0.3, -0.25) is 0 Å². The van der Waals surface area contributed by atoms with Gasteiger partial charge in [-0.05, 0) is 23.7 Å². The van der Waals surface area contributed by atoms with Crippen molar-refractivity contribution in [1.29, 1.82) is 0 Å². The summed E-state index contributed by atoms with van der Waals surface area (Å²) in [5.41, 5.74) is 0. The fourth-order valence-electron chi connectivity index (χ4n) is 3.39. The van der Waals surface area contributed by atoms with E-state index in [9.17, 15) is 0 Å². The van der Waals surface area contributed by atoms with Crippen molar-refractivity contribution in [2.24, 2.45) is 0 Å². The lowest BCUT2D eigenvalue weighted by Crippen LogP contribution is -2.63. The van der Waals surface area contributed by atoms with E-state index in [0.29, 0.717) is 6.61 Å². The number of hydrogen-bond donors (Lipinski definition) is 0. The lowest BCUT2D eigenvalue weighted by atomic mass is 10.1. The topological polar surface area (TPSA) is 18.5 Å². The Hall–Kier alpha value is -1.68. The summed E-state index contributed by atoms with van der Waals surface area (Å²) in [5, 5.41) is 2.35. The Labute approximate surface area is 172 Å². The third kappa shape index (κ3) is 7.05. The number of rotatable bonds is 14. The molecule has 2 aromatic rings. The average molecular weight is 397 g/mol. The Morgan fingerprint density at radius 3 is 1.79 bits per heavy atom. The van der Waals surface area contributed by atoms with Crippen molar-refractivity contribution in [3.8, 4) is 0 Å². The van der Waals surface area contributed by atoms with Gasteiger partial charge >= 0.3 is 8.56 Å². The fourth-order valence-corrected chi connectivity index (χ4v) is 6.50. The van der Waals surface area contributed by atoms with E-state index in [1.165, 1.54) is 48.9 Å². The summed E-state index contributed by atoms with van der Waals surface area (Å²) in [5.74, 6) is 0. The van der Waals surface area contributed by atoms with Crippen LogP contribution >= 0.6 is 0 Å². The zero-order valence-corrected chi connectivity index (χ0v) is 18.6. The highest BCUT2D eigenvalue weighted by molar-refractivity contribution is 6.92. The Balaban J connectivity index is 2.10. The predicted octanol–water partition coefficient (Wildman–Crippen LogP) is 5.60. The first-order valence-electron chi connectivity index (χ1n) is 10.8. The van der Waals surface area contributed by atoms with E-state index < -0.39 is 8.56 Å². The molecule has 152 valence electrons. The molecule has 3 heteroatoms. The predicted molar refractivity (Wildman–Crippen MR) is 123 cm³/mol. The second kappa shape index (κ2) is 13.5. The zero-order chi connectivity index (χ0) is 19.9. The molecular formula is C25H36O2Si. The number of benzene rings is 2. The molecule has 0 radical (unpaired) electrons. The van der Waals surface area contributed by atoms with Gasteiger partial charge in [0.2, 0.25) is 0 Å². The quantitative estimate of drug-likeness (QED) is 0.235. The summed E-state index contributed by atoms with van der Waals surface area (Å²) in [6.45, 7) is 5.61. The largest absolute Gasteiger partial charge is 0.407 e. The third-order valence-corrected chi connectivity index (χ3v) is 8.35. The maximum Gasteiger partial charge on any atom is 0.407 e. The molecule has 2 nitrogen and oxygen atoms in total. The second-order valence-electron chi connectivity index (χ2n) is 7.20. The molecule has 2 rings (SSSR count). The number of allylic oxidation sites excluding steroid dienone is 1. The highest BCUT2D eigenvalue weighted by Gasteiger charge is 2.42. The first-order valence-corrected chi connectivity index (χ1v) is 12.6. The van der Waals surface area contributed by atoms with Crippen LogP contribution in [0.3, 0.4) is 0 Å². The smallest absolute Gasteiger partial charge is 0.388 e. The minimum Gasteiger partial charge on any atom is -0.388 e. The SMILES string of the molecule is C/C=C/CO[Si](OCCCCCCCCC)(c1ccccc1)c1ccccc1. The van der Waals surface area contributed by atoms with E-state index in [2.05, 4.69) is 73.7 Å². The van der Waals surface area contributed by atoms with Gasteiger partial charge in [-0.1, -0.05) is 118 Å². The summed E-state index contributed by atoms with van der Waals surface area (Å²) in [7, 11) is -2.72. The van der Waals surface area contributed by atoms with Gasteiger partial charge < -0.3 is 8.85 Å². The highest BCUT2D eigenvalue weighted by Crippen LogP contribution is 2.13. The molecule has 0 aliphatic heterocycles. The molecule has 0 heterocycles. The van der Waals surface area contributed by atoms with E-state index in [1.54, 1.807) is 0 Å². The van der Waals surface area contributed by atoms with Crippen LogP contribution in [0, 0.1) is 0 Å². The third-order valence-electron chi connectivity index (χ3n) is 4.98. The van der Waals surface area contributed by atoms with Crippen LogP contribution < -0.4 is 10.4 Å². The minimum absolute atomic E-state index is 0.573. The Kier molecular flexibility index (Phi) is 10.9. The maximum atomic E-state index is 6.66. The monoisotopic (exact) mass is 396 g/mol. The van der Waals surface area contributed by atoms with Gasteiger partial charge in [0.1, 0.15) is 0 Å². The van der Waals surface area contributed by atoms with E-state index >= 15 is 0 Å². The Morgan fingerprint density at radius 2 is 1.25 bits per heavy atom. The summed E-state index contributed by atoms with van der Waals surface area (Å²) < 4.78 is 13.2. The lowest BCUT2D eigenvalue weighted by molar-refractivity contribution is 0.203. The van der Waals surface area contributed by atoms with Gasteiger partial charge in [-0.2, -0.15) is 0 Å². The second-order valence-corrected chi connectivity index (χ2v) is 10.2. The van der Waals surface area contributed by atoms with Crippen molar-refractivity contribution in [2.75, 3.05) is 13.2 Å². The van der Waals surface area contributed by atoms with Gasteiger partial charge in [0.15, 0.2) is 0 Å². The van der Waals surface area contributed by atoms with E-state index in [4.69, 9.17) is 8.85 Å². The Bertz CT molecular complexity index is 615. The van der Waals surface area contributed by atoms with E-state index in [-0.39, 0.29) is 0 Å². The first kappa shape index (κ1) is 22.6. The highest BCUT2D eigenvalue weighted by atomic mass is 28.4. The fraction of sp³-hybridized carbons (Fsp3) is 0.440. The van der Waals surface area contributed by atoms with Crippen LogP contribution in [0.1, 0.15) is 58.8 Å². The van der Waals surface area contributed by atoms with Crippen molar-refractivity contribution in [2.45, 2.75) is 58.8 Å². The maximum absolute atomic E-state index is 6.66. The number of hydrogen-bond acceptors (Lipinski definition) is 2. The molecule has 0 aliphatic carbocycles. The molecule has 0 saturated heterocycles. The molecule has 0 N–H and O–H groups in total. The Morgan fingerprint density at radius 1 is 0.714 bits per heavy atom. The van der Waals surface area contributed by atoms with Crippen LogP contribution in [-0.4, -0.2) is 21.8 Å². The molecule has 2 aromatic carbocycles. The molecule has 0 aromatic heterocycles. The molecular weight excluding hydrogens is 360 g/mol. The summed E-state index contributed by atoms with van der Waals surface area (Å²) in [6.07, 6.45) is 13.1. The van der Waals surface area contributed by atoms with Gasteiger partial charge in [-0.25, -0.2) is 0 Å².